The van der Waals surface area contributed by atoms with Gasteiger partial charge in [0.15, 0.2) is 0 Å². The fraction of sp³-hybridized carbons (Fsp3) is 0.643. The molecule has 1 fully saturated rings. The average Bonchev–Trinajstić information content (AvgIpc) is 2.94. The first kappa shape index (κ1) is 15.4. The molecule has 1 aliphatic carbocycles. The first-order chi connectivity index (χ1) is 9.58. The quantitative estimate of drug-likeness (QED) is 0.835. The number of ether oxygens (including phenoxy) is 1. The van der Waals surface area contributed by atoms with Crippen LogP contribution in [-0.4, -0.2) is 33.7 Å². The van der Waals surface area contributed by atoms with E-state index in [2.05, 4.69) is 9.71 Å². The molecule has 0 amide bonds. The Hall–Kier alpha value is -0.980. The van der Waals surface area contributed by atoms with Crippen LogP contribution in [0, 0.1) is 5.41 Å². The molecule has 1 aromatic rings. The molecule has 1 saturated carbocycles. The van der Waals surface area contributed by atoms with Crippen molar-refractivity contribution in [1.82, 2.24) is 9.71 Å². The minimum absolute atomic E-state index is 0.0469. The van der Waals surface area contributed by atoms with Crippen molar-refractivity contribution >= 4 is 10.0 Å². The van der Waals surface area contributed by atoms with Crippen LogP contribution in [0.4, 0.5) is 0 Å². The van der Waals surface area contributed by atoms with E-state index < -0.39 is 10.0 Å². The molecular formula is C14H22N2O3S. The van der Waals surface area contributed by atoms with Gasteiger partial charge in [-0.1, -0.05) is 12.8 Å². The number of nitrogens with one attached hydrogen (secondary N) is 1. The highest BCUT2D eigenvalue weighted by Crippen LogP contribution is 2.40. The molecule has 0 atom stereocenters. The van der Waals surface area contributed by atoms with Crippen LogP contribution in [-0.2, 0) is 14.8 Å². The normalized spacial score (nSPS) is 18.2. The number of hydrogen-bond donors (Lipinski definition) is 1. The van der Waals surface area contributed by atoms with Crippen LogP contribution in [0.15, 0.2) is 29.4 Å². The molecule has 20 heavy (non-hydrogen) atoms. The van der Waals surface area contributed by atoms with Gasteiger partial charge in [-0.3, -0.25) is 4.98 Å². The highest BCUT2D eigenvalue weighted by molar-refractivity contribution is 7.89. The van der Waals surface area contributed by atoms with Gasteiger partial charge in [0.25, 0.3) is 0 Å². The Bertz CT molecular complexity index is 510. The molecular weight excluding hydrogens is 276 g/mol. The lowest BCUT2D eigenvalue weighted by Crippen LogP contribution is -2.36. The summed E-state index contributed by atoms with van der Waals surface area (Å²) in [6.45, 7) is 1.15. The summed E-state index contributed by atoms with van der Waals surface area (Å²) in [5.41, 5.74) is 0.0469. The van der Waals surface area contributed by atoms with E-state index in [9.17, 15) is 8.42 Å². The monoisotopic (exact) mass is 298 g/mol. The first-order valence-electron chi connectivity index (χ1n) is 6.97. The smallest absolute Gasteiger partial charge is 0.242 e. The van der Waals surface area contributed by atoms with Crippen molar-refractivity contribution in [2.24, 2.45) is 5.41 Å². The molecule has 1 aromatic heterocycles. The van der Waals surface area contributed by atoms with Gasteiger partial charge in [-0.25, -0.2) is 13.1 Å². The van der Waals surface area contributed by atoms with Crippen LogP contribution in [0.2, 0.25) is 0 Å². The molecule has 1 aliphatic rings. The first-order valence-corrected chi connectivity index (χ1v) is 8.45. The van der Waals surface area contributed by atoms with Crippen LogP contribution < -0.4 is 4.72 Å². The molecule has 5 nitrogen and oxygen atoms in total. The predicted molar refractivity (Wildman–Crippen MR) is 76.8 cm³/mol. The standard InChI is InChI=1S/C14H22N2O3S/c1-19-10-8-14(6-2-3-7-14)12-16-20(17,18)13-5-4-9-15-11-13/h4-5,9,11,16H,2-3,6-8,10,12H2,1H3. The summed E-state index contributed by atoms with van der Waals surface area (Å²) in [4.78, 5) is 4.08. The summed E-state index contributed by atoms with van der Waals surface area (Å²) in [6.07, 6.45) is 8.29. The van der Waals surface area contributed by atoms with Crippen LogP contribution >= 0.6 is 0 Å². The summed E-state index contributed by atoms with van der Waals surface area (Å²) in [7, 11) is -1.78. The second-order valence-corrected chi connectivity index (χ2v) is 7.23. The molecule has 2 rings (SSSR count). The molecule has 0 bridgehead atoms. The van der Waals surface area contributed by atoms with E-state index in [-0.39, 0.29) is 10.3 Å². The van der Waals surface area contributed by atoms with Crippen molar-refractivity contribution in [2.45, 2.75) is 37.0 Å². The average molecular weight is 298 g/mol. The summed E-state index contributed by atoms with van der Waals surface area (Å²) in [6, 6.07) is 3.19. The number of methoxy groups -OCH3 is 1. The third-order valence-corrected chi connectivity index (χ3v) is 5.47. The molecule has 0 aromatic carbocycles. The summed E-state index contributed by atoms with van der Waals surface area (Å²) < 4.78 is 32.3. The number of pyridine rings is 1. The summed E-state index contributed by atoms with van der Waals surface area (Å²) in [5, 5.41) is 0. The van der Waals surface area contributed by atoms with Crippen molar-refractivity contribution in [1.29, 1.82) is 0 Å². The number of rotatable bonds is 7. The molecule has 1 N–H and O–H groups in total. The van der Waals surface area contributed by atoms with Crippen molar-refractivity contribution in [3.05, 3.63) is 24.5 Å². The molecule has 1 heterocycles. The number of nitrogens with zero attached hydrogens (tertiary/aromatic N) is 1. The van der Waals surface area contributed by atoms with Crippen molar-refractivity contribution in [3.63, 3.8) is 0 Å². The van der Waals surface area contributed by atoms with E-state index in [0.717, 1.165) is 19.3 Å². The van der Waals surface area contributed by atoms with Gasteiger partial charge in [-0.2, -0.15) is 0 Å². The van der Waals surface area contributed by atoms with Gasteiger partial charge in [0.05, 0.1) is 0 Å². The summed E-state index contributed by atoms with van der Waals surface area (Å²) in [5.74, 6) is 0. The number of sulfonamides is 1. The molecule has 0 radical (unpaired) electrons. The Morgan fingerprint density at radius 2 is 2.15 bits per heavy atom. The van der Waals surface area contributed by atoms with Crippen LogP contribution in [0.5, 0.6) is 0 Å². The largest absolute Gasteiger partial charge is 0.385 e. The highest BCUT2D eigenvalue weighted by atomic mass is 32.2. The maximum absolute atomic E-state index is 12.2. The van der Waals surface area contributed by atoms with E-state index >= 15 is 0 Å². The third kappa shape index (κ3) is 3.77. The second kappa shape index (κ2) is 6.65. The highest BCUT2D eigenvalue weighted by Gasteiger charge is 2.34. The maximum atomic E-state index is 12.2. The van der Waals surface area contributed by atoms with E-state index in [1.165, 1.54) is 19.0 Å². The zero-order valence-electron chi connectivity index (χ0n) is 11.8. The molecule has 0 aliphatic heterocycles. The van der Waals surface area contributed by atoms with Gasteiger partial charge in [-0.15, -0.1) is 0 Å². The van der Waals surface area contributed by atoms with Gasteiger partial charge >= 0.3 is 0 Å². The maximum Gasteiger partial charge on any atom is 0.242 e. The predicted octanol–water partition coefficient (Wildman–Crippen LogP) is 1.96. The van der Waals surface area contributed by atoms with E-state index in [1.807, 2.05) is 0 Å². The second-order valence-electron chi connectivity index (χ2n) is 5.46. The molecule has 0 spiro atoms. The van der Waals surface area contributed by atoms with E-state index in [4.69, 9.17) is 4.74 Å². The lowest BCUT2D eigenvalue weighted by molar-refractivity contribution is 0.139. The minimum Gasteiger partial charge on any atom is -0.385 e. The Kier molecular flexibility index (Phi) is 5.12. The minimum atomic E-state index is -3.46. The number of hydrogen-bond acceptors (Lipinski definition) is 4. The van der Waals surface area contributed by atoms with Crippen molar-refractivity contribution < 1.29 is 13.2 Å². The zero-order chi connectivity index (χ0) is 14.5. The fourth-order valence-electron chi connectivity index (χ4n) is 2.80. The van der Waals surface area contributed by atoms with Crippen LogP contribution in [0.25, 0.3) is 0 Å². The van der Waals surface area contributed by atoms with Crippen molar-refractivity contribution in [2.75, 3.05) is 20.3 Å². The Balaban J connectivity index is 2.02. The van der Waals surface area contributed by atoms with E-state index in [0.29, 0.717) is 13.2 Å². The fourth-order valence-corrected chi connectivity index (χ4v) is 3.92. The van der Waals surface area contributed by atoms with Gasteiger partial charge in [0.1, 0.15) is 4.90 Å². The van der Waals surface area contributed by atoms with E-state index in [1.54, 1.807) is 25.4 Å². The van der Waals surface area contributed by atoms with Crippen LogP contribution in [0.1, 0.15) is 32.1 Å². The molecule has 0 saturated heterocycles. The number of aromatic nitrogens is 1. The van der Waals surface area contributed by atoms with Gasteiger partial charge < -0.3 is 4.74 Å². The topological polar surface area (TPSA) is 68.3 Å². The lowest BCUT2D eigenvalue weighted by atomic mass is 9.83. The lowest BCUT2D eigenvalue weighted by Gasteiger charge is -2.28. The van der Waals surface area contributed by atoms with Crippen LogP contribution in [0.3, 0.4) is 0 Å². The SMILES string of the molecule is COCCC1(CNS(=O)(=O)c2cccnc2)CCCC1. The van der Waals surface area contributed by atoms with Gasteiger partial charge in [0.2, 0.25) is 10.0 Å². The van der Waals surface area contributed by atoms with Crippen molar-refractivity contribution in [3.8, 4) is 0 Å². The summed E-state index contributed by atoms with van der Waals surface area (Å²) >= 11 is 0. The Morgan fingerprint density at radius 1 is 1.40 bits per heavy atom. The zero-order valence-corrected chi connectivity index (χ0v) is 12.7. The molecule has 112 valence electrons. The Morgan fingerprint density at radius 3 is 2.75 bits per heavy atom. The third-order valence-electron chi connectivity index (χ3n) is 4.08. The molecule has 0 unspecified atom stereocenters. The van der Waals surface area contributed by atoms with Gasteiger partial charge in [-0.05, 0) is 36.8 Å². The van der Waals surface area contributed by atoms with Gasteiger partial charge in [0, 0.05) is 32.7 Å². The molecule has 6 heteroatoms. The Labute approximate surface area is 120 Å².